The van der Waals surface area contributed by atoms with Crippen LogP contribution in [-0.4, -0.2) is 27.2 Å². The van der Waals surface area contributed by atoms with Crippen molar-refractivity contribution in [2.75, 3.05) is 5.75 Å². The fourth-order valence-electron chi connectivity index (χ4n) is 1.65. The number of carbonyl (C=O) groups excluding carboxylic acids is 2. The van der Waals surface area contributed by atoms with Gasteiger partial charge in [-0.25, -0.2) is 0 Å². The third-order valence-electron chi connectivity index (χ3n) is 2.65. The van der Waals surface area contributed by atoms with Crippen molar-refractivity contribution in [2.24, 2.45) is 7.05 Å². The standard InChI is InChI=1S/C14H14N2O3S/c1-16-8-4-5-10(16)14(19)15-13(18)9-20-12-7-3-2-6-11(12)17/h2-8,17H,9H2,1H3,(H,15,18,19). The second kappa shape index (κ2) is 6.29. The number of nitrogens with zero attached hydrogens (tertiary/aromatic N) is 1. The number of rotatable bonds is 4. The van der Waals surface area contributed by atoms with E-state index in [0.29, 0.717) is 10.6 Å². The van der Waals surface area contributed by atoms with Crippen LogP contribution in [0.4, 0.5) is 0 Å². The molecule has 2 rings (SSSR count). The monoisotopic (exact) mass is 290 g/mol. The fraction of sp³-hybridized carbons (Fsp3) is 0.143. The molecule has 0 aliphatic heterocycles. The van der Waals surface area contributed by atoms with E-state index in [1.807, 2.05) is 0 Å². The number of hydrogen-bond donors (Lipinski definition) is 2. The SMILES string of the molecule is Cn1cccc1C(=O)NC(=O)CSc1ccccc1O. The molecule has 5 nitrogen and oxygen atoms in total. The lowest BCUT2D eigenvalue weighted by molar-refractivity contribution is -0.117. The molecule has 0 unspecified atom stereocenters. The maximum absolute atomic E-state index is 11.8. The Labute approximate surface area is 120 Å². The zero-order valence-corrected chi connectivity index (χ0v) is 11.7. The fourth-order valence-corrected chi connectivity index (χ4v) is 2.40. The van der Waals surface area contributed by atoms with E-state index in [2.05, 4.69) is 5.32 Å². The van der Waals surface area contributed by atoms with E-state index >= 15 is 0 Å². The van der Waals surface area contributed by atoms with Gasteiger partial charge in [0.1, 0.15) is 11.4 Å². The first-order valence-corrected chi connectivity index (χ1v) is 6.93. The highest BCUT2D eigenvalue weighted by atomic mass is 32.2. The lowest BCUT2D eigenvalue weighted by Gasteiger charge is -2.06. The van der Waals surface area contributed by atoms with E-state index < -0.39 is 11.8 Å². The molecule has 0 spiro atoms. The molecule has 1 aromatic heterocycles. The maximum Gasteiger partial charge on any atom is 0.274 e. The third-order valence-corrected chi connectivity index (χ3v) is 3.72. The number of aryl methyl sites for hydroxylation is 1. The van der Waals surface area contributed by atoms with Gasteiger partial charge in [-0.3, -0.25) is 14.9 Å². The molecule has 0 saturated heterocycles. The Hall–Kier alpha value is -2.21. The molecule has 2 N–H and O–H groups in total. The van der Waals surface area contributed by atoms with Crippen LogP contribution in [0.15, 0.2) is 47.5 Å². The van der Waals surface area contributed by atoms with E-state index in [-0.39, 0.29) is 11.5 Å². The lowest BCUT2D eigenvalue weighted by Crippen LogP contribution is -2.32. The van der Waals surface area contributed by atoms with Crippen LogP contribution in [0.25, 0.3) is 0 Å². The van der Waals surface area contributed by atoms with Gasteiger partial charge in [-0.2, -0.15) is 0 Å². The van der Waals surface area contributed by atoms with E-state index in [9.17, 15) is 14.7 Å². The second-order valence-electron chi connectivity index (χ2n) is 4.14. The van der Waals surface area contributed by atoms with Crippen molar-refractivity contribution < 1.29 is 14.7 Å². The zero-order valence-electron chi connectivity index (χ0n) is 10.9. The molecule has 1 aromatic carbocycles. The topological polar surface area (TPSA) is 71.3 Å². The van der Waals surface area contributed by atoms with Crippen LogP contribution >= 0.6 is 11.8 Å². The van der Waals surface area contributed by atoms with Crippen molar-refractivity contribution in [3.63, 3.8) is 0 Å². The van der Waals surface area contributed by atoms with Crippen molar-refractivity contribution in [2.45, 2.75) is 4.90 Å². The Morgan fingerprint density at radius 2 is 2.00 bits per heavy atom. The van der Waals surface area contributed by atoms with Gasteiger partial charge >= 0.3 is 0 Å². The second-order valence-corrected chi connectivity index (χ2v) is 5.16. The van der Waals surface area contributed by atoms with Crippen LogP contribution in [0.3, 0.4) is 0 Å². The maximum atomic E-state index is 11.8. The molecule has 0 saturated carbocycles. The van der Waals surface area contributed by atoms with Crippen LogP contribution in [0.5, 0.6) is 5.75 Å². The number of aromatic nitrogens is 1. The number of hydrogen-bond acceptors (Lipinski definition) is 4. The van der Waals surface area contributed by atoms with Crippen molar-refractivity contribution in [1.82, 2.24) is 9.88 Å². The number of phenolic OH excluding ortho intramolecular Hbond substituents is 1. The summed E-state index contributed by atoms with van der Waals surface area (Å²) >= 11 is 1.18. The Morgan fingerprint density at radius 1 is 1.25 bits per heavy atom. The van der Waals surface area contributed by atoms with Crippen LogP contribution in [-0.2, 0) is 11.8 Å². The number of imide groups is 1. The highest BCUT2D eigenvalue weighted by molar-refractivity contribution is 8.00. The lowest BCUT2D eigenvalue weighted by atomic mass is 10.3. The number of para-hydroxylation sites is 1. The predicted molar refractivity (Wildman–Crippen MR) is 76.7 cm³/mol. The van der Waals surface area contributed by atoms with E-state index in [1.54, 1.807) is 54.2 Å². The number of benzene rings is 1. The van der Waals surface area contributed by atoms with Crippen LogP contribution < -0.4 is 5.32 Å². The smallest absolute Gasteiger partial charge is 0.274 e. The predicted octanol–water partition coefficient (Wildman–Crippen LogP) is 1.78. The largest absolute Gasteiger partial charge is 0.507 e. The highest BCUT2D eigenvalue weighted by Gasteiger charge is 2.13. The minimum atomic E-state index is -0.430. The molecule has 0 aliphatic rings. The van der Waals surface area contributed by atoms with Gasteiger partial charge in [-0.15, -0.1) is 11.8 Å². The van der Waals surface area contributed by atoms with Crippen LogP contribution in [0, 0.1) is 0 Å². The summed E-state index contributed by atoms with van der Waals surface area (Å²) in [6.07, 6.45) is 1.73. The molecule has 0 fully saturated rings. The van der Waals surface area contributed by atoms with Gasteiger partial charge in [0, 0.05) is 18.1 Å². The third kappa shape index (κ3) is 3.42. The molecule has 2 aromatic rings. The molecule has 20 heavy (non-hydrogen) atoms. The van der Waals surface area contributed by atoms with Crippen LogP contribution in [0.2, 0.25) is 0 Å². The number of aromatic hydroxyl groups is 1. The average molecular weight is 290 g/mol. The molecule has 0 atom stereocenters. The summed E-state index contributed by atoms with van der Waals surface area (Å²) in [5.74, 6) is -0.641. The average Bonchev–Trinajstić information content (AvgIpc) is 2.84. The summed E-state index contributed by atoms with van der Waals surface area (Å²) < 4.78 is 1.64. The van der Waals surface area contributed by atoms with Gasteiger partial charge in [-0.05, 0) is 24.3 Å². The Kier molecular flexibility index (Phi) is 4.47. The minimum absolute atomic E-state index is 0.0632. The van der Waals surface area contributed by atoms with E-state index in [0.717, 1.165) is 0 Å². The Bertz CT molecular complexity index is 637. The molecule has 6 heteroatoms. The molecular weight excluding hydrogens is 276 g/mol. The van der Waals surface area contributed by atoms with E-state index in [1.165, 1.54) is 11.8 Å². The van der Waals surface area contributed by atoms with Crippen molar-refractivity contribution in [3.8, 4) is 5.75 Å². The molecule has 2 amide bonds. The van der Waals surface area contributed by atoms with Gasteiger partial charge in [0.25, 0.3) is 5.91 Å². The van der Waals surface area contributed by atoms with E-state index in [4.69, 9.17) is 0 Å². The van der Waals surface area contributed by atoms with Gasteiger partial charge < -0.3 is 9.67 Å². The highest BCUT2D eigenvalue weighted by Crippen LogP contribution is 2.27. The number of nitrogens with one attached hydrogen (secondary N) is 1. The van der Waals surface area contributed by atoms with Crippen molar-refractivity contribution in [3.05, 3.63) is 48.3 Å². The van der Waals surface area contributed by atoms with Gasteiger partial charge in [0.15, 0.2) is 0 Å². The Balaban J connectivity index is 1.89. The summed E-state index contributed by atoms with van der Waals surface area (Å²) in [6.45, 7) is 0. The summed E-state index contributed by atoms with van der Waals surface area (Å²) in [4.78, 5) is 24.1. The number of phenols is 1. The minimum Gasteiger partial charge on any atom is -0.507 e. The van der Waals surface area contributed by atoms with Gasteiger partial charge in [0.05, 0.1) is 5.75 Å². The number of amides is 2. The quantitative estimate of drug-likeness (QED) is 0.842. The molecule has 0 bridgehead atoms. The summed E-state index contributed by atoms with van der Waals surface area (Å²) in [5.41, 5.74) is 0.422. The summed E-state index contributed by atoms with van der Waals surface area (Å²) in [6, 6.07) is 10.1. The van der Waals surface area contributed by atoms with Gasteiger partial charge in [0.2, 0.25) is 5.91 Å². The zero-order chi connectivity index (χ0) is 14.5. The number of carbonyl (C=O) groups is 2. The summed E-state index contributed by atoms with van der Waals surface area (Å²) in [7, 11) is 1.73. The molecule has 1 heterocycles. The molecule has 0 aliphatic carbocycles. The normalized spacial score (nSPS) is 10.2. The van der Waals surface area contributed by atoms with Crippen LogP contribution in [0.1, 0.15) is 10.5 Å². The first kappa shape index (κ1) is 14.2. The Morgan fingerprint density at radius 3 is 2.65 bits per heavy atom. The molecule has 0 radical (unpaired) electrons. The molecule has 104 valence electrons. The van der Waals surface area contributed by atoms with Crippen molar-refractivity contribution >= 4 is 23.6 Å². The van der Waals surface area contributed by atoms with Crippen molar-refractivity contribution in [1.29, 1.82) is 0 Å². The first-order chi connectivity index (χ1) is 9.58. The van der Waals surface area contributed by atoms with Gasteiger partial charge in [-0.1, -0.05) is 12.1 Å². The first-order valence-electron chi connectivity index (χ1n) is 5.94. The number of thioether (sulfide) groups is 1. The summed E-state index contributed by atoms with van der Waals surface area (Å²) in [5, 5.41) is 11.9. The molecular formula is C14H14N2O3S.